The predicted molar refractivity (Wildman–Crippen MR) is 130 cm³/mol. The van der Waals surface area contributed by atoms with Crippen LogP contribution in [0.4, 0.5) is 5.69 Å². The molecule has 0 aromatic heterocycles. The first-order chi connectivity index (χ1) is 15.9. The van der Waals surface area contributed by atoms with Crippen LogP contribution in [0.1, 0.15) is 30.9 Å². The van der Waals surface area contributed by atoms with E-state index < -0.39 is 10.0 Å². The van der Waals surface area contributed by atoms with Gasteiger partial charge in [0, 0.05) is 26.2 Å². The fourth-order valence-corrected chi connectivity index (χ4v) is 5.65. The summed E-state index contributed by atoms with van der Waals surface area (Å²) in [5, 5.41) is 0. The molecule has 3 aromatic carbocycles. The van der Waals surface area contributed by atoms with Crippen LogP contribution in [-0.4, -0.2) is 49.6 Å². The molecule has 6 nitrogen and oxygen atoms in total. The Labute approximate surface area is 195 Å². The summed E-state index contributed by atoms with van der Waals surface area (Å²) in [6, 6.07) is 22.8. The Morgan fingerprint density at radius 1 is 0.818 bits per heavy atom. The van der Waals surface area contributed by atoms with E-state index >= 15 is 0 Å². The Morgan fingerprint density at radius 2 is 1.45 bits per heavy atom. The third-order valence-electron chi connectivity index (χ3n) is 6.16. The van der Waals surface area contributed by atoms with Gasteiger partial charge in [0.25, 0.3) is 0 Å². The third-order valence-corrected chi connectivity index (χ3v) is 8.08. The molecule has 5 rings (SSSR count). The first-order valence-corrected chi connectivity index (χ1v) is 12.7. The largest absolute Gasteiger partial charge is 0.454 e. The molecule has 0 bridgehead atoms. The number of rotatable bonds is 3. The van der Waals surface area contributed by atoms with Crippen LogP contribution in [0.5, 0.6) is 11.5 Å². The average Bonchev–Trinajstić information content (AvgIpc) is 3.01. The van der Waals surface area contributed by atoms with E-state index in [1.54, 1.807) is 16.4 Å². The minimum absolute atomic E-state index is 0.347. The van der Waals surface area contributed by atoms with E-state index in [-0.39, 0.29) is 0 Å². The van der Waals surface area contributed by atoms with Crippen LogP contribution in [-0.2, 0) is 10.0 Å². The fourth-order valence-electron chi connectivity index (χ4n) is 4.22. The van der Waals surface area contributed by atoms with Crippen LogP contribution in [0, 0.1) is 0 Å². The molecule has 2 aliphatic heterocycles. The van der Waals surface area contributed by atoms with E-state index in [1.807, 2.05) is 60.7 Å². The van der Waals surface area contributed by atoms with Crippen LogP contribution < -0.4 is 4.74 Å². The first-order valence-electron chi connectivity index (χ1n) is 11.2. The molecule has 0 amide bonds. The highest BCUT2D eigenvalue weighted by molar-refractivity contribution is 7.89. The van der Waals surface area contributed by atoms with Crippen molar-refractivity contribution in [3.05, 3.63) is 83.9 Å². The van der Waals surface area contributed by atoms with E-state index in [0.717, 1.165) is 28.4 Å². The summed E-state index contributed by atoms with van der Waals surface area (Å²) >= 11 is 0. The van der Waals surface area contributed by atoms with Crippen molar-refractivity contribution in [3.8, 4) is 11.5 Å². The summed E-state index contributed by atoms with van der Waals surface area (Å²) in [4.78, 5) is 7.42. The van der Waals surface area contributed by atoms with Crippen LogP contribution in [0.2, 0.25) is 0 Å². The zero-order valence-corrected chi connectivity index (χ0v) is 19.6. The quantitative estimate of drug-likeness (QED) is 0.551. The van der Waals surface area contributed by atoms with E-state index in [2.05, 4.69) is 18.7 Å². The summed E-state index contributed by atoms with van der Waals surface area (Å²) in [6.45, 7) is 6.11. The van der Waals surface area contributed by atoms with Gasteiger partial charge in [-0.2, -0.15) is 4.31 Å². The molecule has 2 aliphatic rings. The zero-order valence-electron chi connectivity index (χ0n) is 18.8. The lowest BCUT2D eigenvalue weighted by Crippen LogP contribution is -2.50. The number of piperazine rings is 1. The van der Waals surface area contributed by atoms with E-state index in [1.165, 1.54) is 0 Å². The maximum atomic E-state index is 13.2. The highest BCUT2D eigenvalue weighted by Gasteiger charge is 2.31. The topological polar surface area (TPSA) is 62.2 Å². The van der Waals surface area contributed by atoms with Gasteiger partial charge >= 0.3 is 0 Å². The van der Waals surface area contributed by atoms with E-state index in [9.17, 15) is 8.42 Å². The second-order valence-electron chi connectivity index (χ2n) is 8.62. The number of aliphatic imine (C=N–C) groups is 1. The maximum Gasteiger partial charge on any atom is 0.243 e. The number of amidine groups is 1. The van der Waals surface area contributed by atoms with Crippen molar-refractivity contribution in [1.82, 2.24) is 9.21 Å². The summed E-state index contributed by atoms with van der Waals surface area (Å²) in [5.41, 5.74) is 2.81. The number of hydrogen-bond acceptors (Lipinski definition) is 5. The number of ether oxygens (including phenoxy) is 1. The molecule has 0 aliphatic carbocycles. The van der Waals surface area contributed by atoms with E-state index in [0.29, 0.717) is 42.7 Å². The highest BCUT2D eigenvalue weighted by Crippen LogP contribution is 2.38. The van der Waals surface area contributed by atoms with Crippen molar-refractivity contribution in [2.75, 3.05) is 26.2 Å². The predicted octanol–water partition coefficient (Wildman–Crippen LogP) is 5.00. The van der Waals surface area contributed by atoms with Crippen LogP contribution in [0.25, 0.3) is 0 Å². The van der Waals surface area contributed by atoms with Crippen molar-refractivity contribution in [3.63, 3.8) is 0 Å². The summed E-state index contributed by atoms with van der Waals surface area (Å²) < 4.78 is 34.2. The third kappa shape index (κ3) is 4.14. The normalized spacial score (nSPS) is 16.5. The Bertz CT molecular complexity index is 1290. The molecule has 2 heterocycles. The lowest BCUT2D eigenvalue weighted by Gasteiger charge is -2.36. The van der Waals surface area contributed by atoms with Gasteiger partial charge in [0.1, 0.15) is 17.3 Å². The molecule has 1 fully saturated rings. The van der Waals surface area contributed by atoms with Gasteiger partial charge in [0.05, 0.1) is 10.5 Å². The monoisotopic (exact) mass is 461 g/mol. The molecular formula is C26H27N3O3S. The van der Waals surface area contributed by atoms with Crippen LogP contribution >= 0.6 is 0 Å². The maximum absolute atomic E-state index is 13.2. The second-order valence-corrected chi connectivity index (χ2v) is 10.6. The number of fused-ring (bicyclic) bond motifs is 2. The molecule has 7 heteroatoms. The molecule has 0 spiro atoms. The van der Waals surface area contributed by atoms with Crippen molar-refractivity contribution in [2.45, 2.75) is 24.7 Å². The molecule has 0 N–H and O–H groups in total. The van der Waals surface area contributed by atoms with Gasteiger partial charge in [-0.3, -0.25) is 0 Å². The molecular weight excluding hydrogens is 434 g/mol. The number of benzene rings is 3. The van der Waals surface area contributed by atoms with Crippen molar-refractivity contribution < 1.29 is 13.2 Å². The van der Waals surface area contributed by atoms with Crippen LogP contribution in [0.15, 0.2) is 82.7 Å². The highest BCUT2D eigenvalue weighted by atomic mass is 32.2. The standard InChI is InChI=1S/C26H27N3O3S/c1-19(2)20-11-13-21(14-12-20)33(30,31)29-17-15-28(16-18-29)26-22-7-3-5-9-24(22)32-25-10-6-4-8-23(25)27-26/h3-14,19H,15-18H2,1-2H3. The molecule has 3 aromatic rings. The summed E-state index contributed by atoms with van der Waals surface area (Å²) in [5.74, 6) is 2.64. The zero-order chi connectivity index (χ0) is 23.0. The molecule has 0 radical (unpaired) electrons. The molecule has 33 heavy (non-hydrogen) atoms. The minimum atomic E-state index is -3.53. The molecule has 0 saturated carbocycles. The number of para-hydroxylation sites is 3. The lowest BCUT2D eigenvalue weighted by atomic mass is 10.0. The fraction of sp³-hybridized carbons (Fsp3) is 0.269. The SMILES string of the molecule is CC(C)c1ccc(S(=O)(=O)N2CCN(C3=Nc4ccccc4Oc4ccccc43)CC2)cc1. The number of sulfonamides is 1. The van der Waals surface area contributed by atoms with Crippen molar-refractivity contribution in [1.29, 1.82) is 0 Å². The summed E-state index contributed by atoms with van der Waals surface area (Å²) in [6.07, 6.45) is 0. The molecule has 0 unspecified atom stereocenters. The van der Waals surface area contributed by atoms with Crippen LogP contribution in [0.3, 0.4) is 0 Å². The Hall–Kier alpha value is -3.16. The van der Waals surface area contributed by atoms with Gasteiger partial charge in [0.2, 0.25) is 10.0 Å². The minimum Gasteiger partial charge on any atom is -0.454 e. The number of hydrogen-bond donors (Lipinski definition) is 0. The first kappa shape index (κ1) is 21.7. The van der Waals surface area contributed by atoms with Gasteiger partial charge < -0.3 is 9.64 Å². The smallest absolute Gasteiger partial charge is 0.243 e. The molecule has 170 valence electrons. The van der Waals surface area contributed by atoms with Crippen molar-refractivity contribution >= 4 is 21.5 Å². The van der Waals surface area contributed by atoms with Gasteiger partial charge in [0.15, 0.2) is 5.75 Å². The Kier molecular flexibility index (Phi) is 5.68. The Balaban J connectivity index is 1.39. The molecule has 1 saturated heterocycles. The van der Waals surface area contributed by atoms with Crippen molar-refractivity contribution in [2.24, 2.45) is 4.99 Å². The van der Waals surface area contributed by atoms with Gasteiger partial charge in [-0.05, 0) is 47.9 Å². The van der Waals surface area contributed by atoms with Gasteiger partial charge in [-0.15, -0.1) is 0 Å². The molecule has 0 atom stereocenters. The number of nitrogens with zero attached hydrogens (tertiary/aromatic N) is 3. The van der Waals surface area contributed by atoms with Gasteiger partial charge in [-0.1, -0.05) is 50.2 Å². The summed E-state index contributed by atoms with van der Waals surface area (Å²) in [7, 11) is -3.53. The average molecular weight is 462 g/mol. The Morgan fingerprint density at radius 3 is 2.15 bits per heavy atom. The van der Waals surface area contributed by atoms with Gasteiger partial charge in [-0.25, -0.2) is 13.4 Å². The second kappa shape index (κ2) is 8.65. The van der Waals surface area contributed by atoms with E-state index in [4.69, 9.17) is 9.73 Å². The lowest BCUT2D eigenvalue weighted by molar-refractivity contribution is 0.266.